The van der Waals surface area contributed by atoms with Gasteiger partial charge in [-0.25, -0.2) is 9.97 Å². The van der Waals surface area contributed by atoms with E-state index in [0.717, 1.165) is 42.2 Å². The van der Waals surface area contributed by atoms with Gasteiger partial charge < -0.3 is 9.47 Å². The molecule has 26 heavy (non-hydrogen) atoms. The number of piperidine rings is 1. The third-order valence-electron chi connectivity index (χ3n) is 5.40. The summed E-state index contributed by atoms with van der Waals surface area (Å²) >= 11 is 0. The number of benzene rings is 1. The second-order valence-electron chi connectivity index (χ2n) is 7.16. The van der Waals surface area contributed by atoms with Crippen molar-refractivity contribution < 1.29 is 0 Å². The standard InChI is InChI=1S/C20H22N6/c1-14-12-19(26-18(22-14)9-10-21-26)25-11-5-6-15(13-25)20-23-16-7-3-4-8-17(16)24(20)2/h3-4,7-10,12,15H,5-6,11,13H2,1-2H3. The van der Waals surface area contributed by atoms with Crippen LogP contribution in [0.5, 0.6) is 0 Å². The average Bonchev–Trinajstić information content (AvgIpc) is 3.26. The highest BCUT2D eigenvalue weighted by molar-refractivity contribution is 5.76. The minimum atomic E-state index is 0.417. The molecule has 4 heterocycles. The van der Waals surface area contributed by atoms with Gasteiger partial charge in [0.2, 0.25) is 0 Å². The SMILES string of the molecule is Cc1cc(N2CCCC(c3nc4ccccc4n3C)C2)n2nccc2n1. The lowest BCUT2D eigenvalue weighted by atomic mass is 9.97. The van der Waals surface area contributed by atoms with E-state index in [1.165, 1.54) is 17.8 Å². The molecule has 1 aromatic carbocycles. The molecule has 6 heteroatoms. The number of para-hydroxylation sites is 2. The van der Waals surface area contributed by atoms with Gasteiger partial charge in [0, 0.05) is 43.9 Å². The molecular formula is C20H22N6. The molecule has 0 amide bonds. The minimum absolute atomic E-state index is 0.417. The Labute approximate surface area is 152 Å². The maximum atomic E-state index is 4.94. The fourth-order valence-corrected chi connectivity index (χ4v) is 4.17. The Morgan fingerprint density at radius 3 is 2.88 bits per heavy atom. The van der Waals surface area contributed by atoms with E-state index in [-0.39, 0.29) is 0 Å². The van der Waals surface area contributed by atoms with Crippen LogP contribution in [-0.2, 0) is 7.05 Å². The predicted octanol–water partition coefficient (Wildman–Crippen LogP) is 3.31. The van der Waals surface area contributed by atoms with Crippen LogP contribution in [-0.4, -0.2) is 37.2 Å². The summed E-state index contributed by atoms with van der Waals surface area (Å²) in [5, 5.41) is 4.48. The molecule has 3 aromatic heterocycles. The van der Waals surface area contributed by atoms with Gasteiger partial charge in [-0.1, -0.05) is 12.1 Å². The van der Waals surface area contributed by atoms with Gasteiger partial charge in [-0.15, -0.1) is 0 Å². The minimum Gasteiger partial charge on any atom is -0.356 e. The van der Waals surface area contributed by atoms with Crippen molar-refractivity contribution >= 4 is 22.5 Å². The van der Waals surface area contributed by atoms with Crippen LogP contribution in [0.2, 0.25) is 0 Å². The van der Waals surface area contributed by atoms with Crippen molar-refractivity contribution in [3.8, 4) is 0 Å². The van der Waals surface area contributed by atoms with Gasteiger partial charge in [-0.2, -0.15) is 9.61 Å². The zero-order valence-electron chi connectivity index (χ0n) is 15.1. The van der Waals surface area contributed by atoms with Crippen molar-refractivity contribution in [3.05, 3.63) is 54.1 Å². The molecular weight excluding hydrogens is 324 g/mol. The van der Waals surface area contributed by atoms with Gasteiger partial charge in [0.05, 0.1) is 17.2 Å². The molecule has 1 saturated heterocycles. The number of fused-ring (bicyclic) bond motifs is 2. The van der Waals surface area contributed by atoms with Crippen molar-refractivity contribution in [2.75, 3.05) is 18.0 Å². The fraction of sp³-hybridized carbons (Fsp3) is 0.350. The number of imidazole rings is 1. The predicted molar refractivity (Wildman–Crippen MR) is 103 cm³/mol. The Kier molecular flexibility index (Phi) is 3.45. The van der Waals surface area contributed by atoms with Crippen LogP contribution in [0, 0.1) is 6.92 Å². The first-order valence-corrected chi connectivity index (χ1v) is 9.18. The summed E-state index contributed by atoms with van der Waals surface area (Å²) in [6.45, 7) is 4.04. The van der Waals surface area contributed by atoms with Crippen molar-refractivity contribution in [2.24, 2.45) is 7.05 Å². The Hall–Kier alpha value is -2.89. The number of anilines is 1. The fourth-order valence-electron chi connectivity index (χ4n) is 4.17. The normalized spacial score (nSPS) is 18.1. The molecule has 4 aromatic rings. The van der Waals surface area contributed by atoms with Crippen LogP contribution in [0.25, 0.3) is 16.7 Å². The highest BCUT2D eigenvalue weighted by Gasteiger charge is 2.27. The Balaban J connectivity index is 1.53. The maximum absolute atomic E-state index is 4.94. The third-order valence-corrected chi connectivity index (χ3v) is 5.40. The highest BCUT2D eigenvalue weighted by Crippen LogP contribution is 2.31. The van der Waals surface area contributed by atoms with E-state index in [9.17, 15) is 0 Å². The second kappa shape index (κ2) is 5.83. The van der Waals surface area contributed by atoms with Crippen molar-refractivity contribution in [1.29, 1.82) is 0 Å². The first-order valence-electron chi connectivity index (χ1n) is 9.18. The number of rotatable bonds is 2. The zero-order valence-corrected chi connectivity index (χ0v) is 15.1. The number of nitrogens with zero attached hydrogens (tertiary/aromatic N) is 6. The van der Waals surface area contributed by atoms with E-state index in [1.807, 2.05) is 23.7 Å². The first-order chi connectivity index (χ1) is 12.7. The van der Waals surface area contributed by atoms with E-state index in [4.69, 9.17) is 4.98 Å². The monoisotopic (exact) mass is 346 g/mol. The first kappa shape index (κ1) is 15.4. The lowest BCUT2D eigenvalue weighted by Gasteiger charge is -2.34. The van der Waals surface area contributed by atoms with Crippen LogP contribution >= 0.6 is 0 Å². The Bertz CT molecular complexity index is 1090. The van der Waals surface area contributed by atoms with E-state index < -0.39 is 0 Å². The van der Waals surface area contributed by atoms with Crippen molar-refractivity contribution in [3.63, 3.8) is 0 Å². The van der Waals surface area contributed by atoms with Gasteiger partial charge in [0.1, 0.15) is 11.6 Å². The molecule has 1 aliphatic heterocycles. The van der Waals surface area contributed by atoms with Crippen LogP contribution in [0.1, 0.15) is 30.3 Å². The number of aromatic nitrogens is 5. The number of aryl methyl sites for hydroxylation is 2. The summed E-state index contributed by atoms with van der Waals surface area (Å²) in [6.07, 6.45) is 4.14. The van der Waals surface area contributed by atoms with Crippen molar-refractivity contribution in [1.82, 2.24) is 24.1 Å². The van der Waals surface area contributed by atoms with E-state index in [2.05, 4.69) is 56.9 Å². The van der Waals surface area contributed by atoms with Crippen LogP contribution < -0.4 is 4.90 Å². The smallest absolute Gasteiger partial charge is 0.157 e. The van der Waals surface area contributed by atoms with Gasteiger partial charge in [-0.3, -0.25) is 0 Å². The molecule has 132 valence electrons. The molecule has 0 radical (unpaired) electrons. The molecule has 1 aliphatic rings. The van der Waals surface area contributed by atoms with E-state index in [0.29, 0.717) is 5.92 Å². The Morgan fingerprint density at radius 1 is 1.12 bits per heavy atom. The molecule has 5 rings (SSSR count). The largest absolute Gasteiger partial charge is 0.356 e. The summed E-state index contributed by atoms with van der Waals surface area (Å²) in [4.78, 5) is 11.9. The topological polar surface area (TPSA) is 51.2 Å². The van der Waals surface area contributed by atoms with Crippen molar-refractivity contribution in [2.45, 2.75) is 25.7 Å². The molecule has 1 fully saturated rings. The number of hydrogen-bond donors (Lipinski definition) is 0. The quantitative estimate of drug-likeness (QED) is 0.559. The van der Waals surface area contributed by atoms with E-state index in [1.54, 1.807) is 0 Å². The highest BCUT2D eigenvalue weighted by atomic mass is 15.3. The maximum Gasteiger partial charge on any atom is 0.157 e. The van der Waals surface area contributed by atoms with Crippen LogP contribution in [0.3, 0.4) is 0 Å². The molecule has 6 nitrogen and oxygen atoms in total. The summed E-state index contributed by atoms with van der Waals surface area (Å²) in [5.41, 5.74) is 4.22. The molecule has 0 saturated carbocycles. The molecule has 0 aliphatic carbocycles. The number of hydrogen-bond acceptors (Lipinski definition) is 4. The van der Waals surface area contributed by atoms with Gasteiger partial charge in [0.25, 0.3) is 0 Å². The molecule has 0 bridgehead atoms. The van der Waals surface area contributed by atoms with Crippen LogP contribution in [0.15, 0.2) is 42.6 Å². The van der Waals surface area contributed by atoms with E-state index >= 15 is 0 Å². The van der Waals surface area contributed by atoms with Crippen LogP contribution in [0.4, 0.5) is 5.82 Å². The summed E-state index contributed by atoms with van der Waals surface area (Å²) in [7, 11) is 2.13. The summed E-state index contributed by atoms with van der Waals surface area (Å²) < 4.78 is 4.20. The Morgan fingerprint density at radius 2 is 2.00 bits per heavy atom. The second-order valence-corrected chi connectivity index (χ2v) is 7.16. The summed E-state index contributed by atoms with van der Waals surface area (Å²) in [5.74, 6) is 2.72. The molecule has 1 atom stereocenters. The lowest BCUT2D eigenvalue weighted by molar-refractivity contribution is 0.478. The molecule has 1 unspecified atom stereocenters. The summed E-state index contributed by atoms with van der Waals surface area (Å²) in [6, 6.07) is 12.5. The lowest BCUT2D eigenvalue weighted by Crippen LogP contribution is -2.36. The van der Waals surface area contributed by atoms with Gasteiger partial charge in [-0.05, 0) is 31.9 Å². The molecule has 0 N–H and O–H groups in total. The van der Waals surface area contributed by atoms with Gasteiger partial charge in [0.15, 0.2) is 5.65 Å². The van der Waals surface area contributed by atoms with Gasteiger partial charge >= 0.3 is 0 Å². The molecule has 0 spiro atoms. The third kappa shape index (κ3) is 2.36. The zero-order chi connectivity index (χ0) is 17.7. The average molecular weight is 346 g/mol.